The molecule has 2 aromatic carbocycles. The van der Waals surface area contributed by atoms with Crippen LogP contribution in [-0.2, 0) is 0 Å². The van der Waals surface area contributed by atoms with Crippen LogP contribution >= 0.6 is 0 Å². The maximum atomic E-state index is 14.3. The molecule has 0 amide bonds. The lowest BCUT2D eigenvalue weighted by atomic mass is 9.99. The van der Waals surface area contributed by atoms with Crippen molar-refractivity contribution in [3.05, 3.63) is 41.2 Å². The van der Waals surface area contributed by atoms with Gasteiger partial charge in [-0.3, -0.25) is 0 Å². The zero-order valence-electron chi connectivity index (χ0n) is 12.5. The molecular weight excluding hydrogens is 311 g/mol. The molecule has 0 atom stereocenters. The standard InChI is InChI=1S/C16H12F3NO3/c1-21-9-5-11(22-2)14(12(6-9)23-3)13-10(17)4-8(7-20)15(18)16(13)19/h4-6H,1-3H3. The van der Waals surface area contributed by atoms with Crippen molar-refractivity contribution in [2.24, 2.45) is 0 Å². The number of hydrogen-bond donors (Lipinski definition) is 0. The number of methoxy groups -OCH3 is 3. The molecule has 4 nitrogen and oxygen atoms in total. The van der Waals surface area contributed by atoms with E-state index in [1.54, 1.807) is 0 Å². The van der Waals surface area contributed by atoms with Gasteiger partial charge in [0.1, 0.15) is 29.1 Å². The van der Waals surface area contributed by atoms with Crippen LogP contribution in [0.5, 0.6) is 17.2 Å². The molecule has 7 heteroatoms. The number of ether oxygens (including phenoxy) is 3. The van der Waals surface area contributed by atoms with E-state index >= 15 is 0 Å². The van der Waals surface area contributed by atoms with E-state index in [2.05, 4.69) is 0 Å². The third-order valence-electron chi connectivity index (χ3n) is 3.24. The van der Waals surface area contributed by atoms with E-state index < -0.39 is 28.6 Å². The molecule has 0 aliphatic carbocycles. The Kier molecular flexibility index (Phi) is 4.65. The fraction of sp³-hybridized carbons (Fsp3) is 0.188. The minimum absolute atomic E-state index is 0.0307. The number of halogens is 3. The second-order valence-corrected chi connectivity index (χ2v) is 4.43. The molecule has 0 aliphatic rings. The van der Waals surface area contributed by atoms with Crippen LogP contribution in [0.25, 0.3) is 11.1 Å². The van der Waals surface area contributed by atoms with Gasteiger partial charge in [-0.2, -0.15) is 5.26 Å². The predicted molar refractivity (Wildman–Crippen MR) is 76.1 cm³/mol. The van der Waals surface area contributed by atoms with Crippen LogP contribution in [0.2, 0.25) is 0 Å². The molecule has 0 aromatic heterocycles. The molecule has 0 saturated carbocycles. The number of benzene rings is 2. The van der Waals surface area contributed by atoms with Crippen LogP contribution in [-0.4, -0.2) is 21.3 Å². The van der Waals surface area contributed by atoms with Crippen molar-refractivity contribution in [1.82, 2.24) is 0 Å². The maximum Gasteiger partial charge on any atom is 0.177 e. The van der Waals surface area contributed by atoms with E-state index in [0.29, 0.717) is 11.8 Å². The largest absolute Gasteiger partial charge is 0.496 e. The highest BCUT2D eigenvalue weighted by Crippen LogP contribution is 2.44. The van der Waals surface area contributed by atoms with Crippen molar-refractivity contribution in [3.8, 4) is 34.4 Å². The summed E-state index contributed by atoms with van der Waals surface area (Å²) >= 11 is 0. The maximum absolute atomic E-state index is 14.3. The summed E-state index contributed by atoms with van der Waals surface area (Å²) in [5.41, 5.74) is -1.53. The summed E-state index contributed by atoms with van der Waals surface area (Å²) in [4.78, 5) is 0. The van der Waals surface area contributed by atoms with Crippen LogP contribution in [0.3, 0.4) is 0 Å². The quantitative estimate of drug-likeness (QED) is 0.806. The van der Waals surface area contributed by atoms with E-state index in [1.807, 2.05) is 0 Å². The lowest BCUT2D eigenvalue weighted by Gasteiger charge is -2.16. The molecule has 0 radical (unpaired) electrons. The Morgan fingerprint density at radius 1 is 0.826 bits per heavy atom. The Morgan fingerprint density at radius 2 is 1.39 bits per heavy atom. The van der Waals surface area contributed by atoms with E-state index in [4.69, 9.17) is 19.5 Å². The predicted octanol–water partition coefficient (Wildman–Crippen LogP) is 3.67. The minimum atomic E-state index is -1.50. The summed E-state index contributed by atoms with van der Waals surface area (Å²) in [5, 5.41) is 8.71. The van der Waals surface area contributed by atoms with Crippen molar-refractivity contribution < 1.29 is 27.4 Å². The molecule has 0 spiro atoms. The Labute approximate surface area is 130 Å². The second-order valence-electron chi connectivity index (χ2n) is 4.43. The SMILES string of the molecule is COc1cc(OC)c(-c2c(F)cc(C#N)c(F)c2F)c(OC)c1. The van der Waals surface area contributed by atoms with Crippen LogP contribution in [0.4, 0.5) is 13.2 Å². The van der Waals surface area contributed by atoms with Gasteiger partial charge >= 0.3 is 0 Å². The Balaban J connectivity index is 2.87. The Hall–Kier alpha value is -2.88. The average Bonchev–Trinajstić information content (AvgIpc) is 2.57. The highest BCUT2D eigenvalue weighted by atomic mass is 19.2. The van der Waals surface area contributed by atoms with Crippen molar-refractivity contribution in [2.45, 2.75) is 0 Å². The van der Waals surface area contributed by atoms with Gasteiger partial charge in [0.25, 0.3) is 0 Å². The molecule has 0 N–H and O–H groups in total. The number of nitrogens with zero attached hydrogens (tertiary/aromatic N) is 1. The van der Waals surface area contributed by atoms with Gasteiger partial charge in [0.15, 0.2) is 11.6 Å². The first-order valence-corrected chi connectivity index (χ1v) is 6.36. The van der Waals surface area contributed by atoms with Crippen LogP contribution in [0.15, 0.2) is 18.2 Å². The summed E-state index contributed by atoms with van der Waals surface area (Å²) in [6.07, 6.45) is 0. The molecule has 0 aliphatic heterocycles. The molecule has 0 fully saturated rings. The Morgan fingerprint density at radius 3 is 1.83 bits per heavy atom. The summed E-state index contributed by atoms with van der Waals surface area (Å²) in [5.74, 6) is -3.65. The molecule has 2 aromatic rings. The molecule has 23 heavy (non-hydrogen) atoms. The first kappa shape index (κ1) is 16.5. The van der Waals surface area contributed by atoms with E-state index in [-0.39, 0.29) is 17.1 Å². The highest BCUT2D eigenvalue weighted by Gasteiger charge is 2.26. The third-order valence-corrected chi connectivity index (χ3v) is 3.24. The van der Waals surface area contributed by atoms with E-state index in [0.717, 1.165) is 0 Å². The second kappa shape index (κ2) is 6.48. The number of nitriles is 1. The van der Waals surface area contributed by atoms with E-state index in [1.165, 1.54) is 39.5 Å². The van der Waals surface area contributed by atoms with Gasteiger partial charge in [-0.1, -0.05) is 0 Å². The topological polar surface area (TPSA) is 51.5 Å². The lowest BCUT2D eigenvalue weighted by molar-refractivity contribution is 0.376. The van der Waals surface area contributed by atoms with Gasteiger partial charge in [-0.15, -0.1) is 0 Å². The Bertz CT molecular complexity index is 775. The summed E-state index contributed by atoms with van der Waals surface area (Å²) in [6.45, 7) is 0. The van der Waals surface area contributed by atoms with Gasteiger partial charge < -0.3 is 14.2 Å². The first-order chi connectivity index (χ1) is 11.0. The average molecular weight is 323 g/mol. The normalized spacial score (nSPS) is 10.1. The molecule has 0 saturated heterocycles. The number of hydrogen-bond acceptors (Lipinski definition) is 4. The minimum Gasteiger partial charge on any atom is -0.496 e. The molecule has 120 valence electrons. The first-order valence-electron chi connectivity index (χ1n) is 6.36. The van der Waals surface area contributed by atoms with Crippen LogP contribution < -0.4 is 14.2 Å². The van der Waals surface area contributed by atoms with Crippen molar-refractivity contribution in [2.75, 3.05) is 21.3 Å². The highest BCUT2D eigenvalue weighted by molar-refractivity contribution is 5.79. The third kappa shape index (κ3) is 2.75. The van der Waals surface area contributed by atoms with Crippen LogP contribution in [0, 0.1) is 28.8 Å². The summed E-state index contributed by atoms with van der Waals surface area (Å²) < 4.78 is 57.7. The fourth-order valence-electron chi connectivity index (χ4n) is 2.16. The summed E-state index contributed by atoms with van der Waals surface area (Å²) in [6, 6.07) is 4.78. The zero-order valence-corrected chi connectivity index (χ0v) is 12.5. The molecule has 0 bridgehead atoms. The van der Waals surface area contributed by atoms with Gasteiger partial charge in [0, 0.05) is 12.1 Å². The molecular formula is C16H12F3NO3. The fourth-order valence-corrected chi connectivity index (χ4v) is 2.16. The van der Waals surface area contributed by atoms with E-state index in [9.17, 15) is 13.2 Å². The number of rotatable bonds is 4. The van der Waals surface area contributed by atoms with Crippen molar-refractivity contribution in [3.63, 3.8) is 0 Å². The monoisotopic (exact) mass is 323 g/mol. The van der Waals surface area contributed by atoms with Crippen molar-refractivity contribution in [1.29, 1.82) is 5.26 Å². The smallest absolute Gasteiger partial charge is 0.177 e. The molecule has 0 heterocycles. The van der Waals surface area contributed by atoms with Crippen LogP contribution in [0.1, 0.15) is 5.56 Å². The lowest BCUT2D eigenvalue weighted by Crippen LogP contribution is -2.02. The molecule has 2 rings (SSSR count). The van der Waals surface area contributed by atoms with Gasteiger partial charge in [0.05, 0.1) is 38.0 Å². The zero-order chi connectivity index (χ0) is 17.1. The molecule has 0 unspecified atom stereocenters. The van der Waals surface area contributed by atoms with Gasteiger partial charge in [-0.25, -0.2) is 13.2 Å². The van der Waals surface area contributed by atoms with Crippen molar-refractivity contribution >= 4 is 0 Å². The van der Waals surface area contributed by atoms with Gasteiger partial charge in [0.2, 0.25) is 0 Å². The summed E-state index contributed by atoms with van der Waals surface area (Å²) in [7, 11) is 3.97. The van der Waals surface area contributed by atoms with Gasteiger partial charge in [-0.05, 0) is 6.07 Å².